The predicted octanol–water partition coefficient (Wildman–Crippen LogP) is 3.10. The van der Waals surface area contributed by atoms with Gasteiger partial charge in [0.2, 0.25) is 5.91 Å². The Bertz CT molecular complexity index is 413. The van der Waals surface area contributed by atoms with Crippen molar-refractivity contribution >= 4 is 5.91 Å². The van der Waals surface area contributed by atoms with E-state index >= 15 is 0 Å². The van der Waals surface area contributed by atoms with Crippen molar-refractivity contribution in [3.63, 3.8) is 0 Å². The van der Waals surface area contributed by atoms with Gasteiger partial charge in [-0.1, -0.05) is 30.4 Å². The van der Waals surface area contributed by atoms with Crippen molar-refractivity contribution in [2.24, 2.45) is 0 Å². The first kappa shape index (κ1) is 15.3. The Balaban J connectivity index is 2.37. The van der Waals surface area contributed by atoms with Gasteiger partial charge in [0, 0.05) is 13.0 Å². The van der Waals surface area contributed by atoms with Crippen LogP contribution in [0.3, 0.4) is 0 Å². The van der Waals surface area contributed by atoms with Crippen LogP contribution < -0.4 is 10.1 Å². The summed E-state index contributed by atoms with van der Waals surface area (Å²) < 4.78 is 5.54. The fraction of sp³-hybridized carbons (Fsp3) is 0.438. The summed E-state index contributed by atoms with van der Waals surface area (Å²) in [6.07, 6.45) is 6.14. The first-order chi connectivity index (χ1) is 9.27. The van der Waals surface area contributed by atoms with E-state index in [1.807, 2.05) is 50.3 Å². The molecule has 0 aliphatic heterocycles. The highest BCUT2D eigenvalue weighted by Crippen LogP contribution is 2.19. The van der Waals surface area contributed by atoms with Gasteiger partial charge in [-0.2, -0.15) is 0 Å². The minimum Gasteiger partial charge on any atom is -0.494 e. The van der Waals surface area contributed by atoms with Crippen molar-refractivity contribution in [1.82, 2.24) is 5.32 Å². The van der Waals surface area contributed by atoms with Crippen LogP contribution in [0.25, 0.3) is 0 Å². The van der Waals surface area contributed by atoms with E-state index in [-0.39, 0.29) is 5.91 Å². The summed E-state index contributed by atoms with van der Waals surface area (Å²) in [5.41, 5.74) is 1.09. The first-order valence-corrected chi connectivity index (χ1v) is 6.86. The number of nitrogens with one attached hydrogen (secondary N) is 1. The fourth-order valence-electron chi connectivity index (χ4n) is 1.80. The lowest BCUT2D eigenvalue weighted by Gasteiger charge is -2.09. The molecule has 0 aliphatic carbocycles. The van der Waals surface area contributed by atoms with Gasteiger partial charge in [0.15, 0.2) is 0 Å². The minimum atomic E-state index is 0.0933. The van der Waals surface area contributed by atoms with E-state index in [1.54, 1.807) is 0 Å². The van der Waals surface area contributed by atoms with Gasteiger partial charge in [0.05, 0.1) is 6.61 Å². The summed E-state index contributed by atoms with van der Waals surface area (Å²) in [7, 11) is 0. The summed E-state index contributed by atoms with van der Waals surface area (Å²) in [6.45, 7) is 5.29. The van der Waals surface area contributed by atoms with Gasteiger partial charge in [-0.15, -0.1) is 0 Å². The van der Waals surface area contributed by atoms with Crippen LogP contribution in [-0.4, -0.2) is 19.1 Å². The van der Waals surface area contributed by atoms with Crippen molar-refractivity contribution in [3.05, 3.63) is 42.0 Å². The lowest BCUT2D eigenvalue weighted by atomic mass is 10.1. The molecule has 0 spiro atoms. The van der Waals surface area contributed by atoms with E-state index in [1.165, 1.54) is 0 Å². The zero-order valence-corrected chi connectivity index (χ0v) is 11.8. The van der Waals surface area contributed by atoms with Gasteiger partial charge in [-0.05, 0) is 38.3 Å². The number of ether oxygens (including phenoxy) is 1. The Labute approximate surface area is 115 Å². The number of allylic oxidation sites excluding steroid dienone is 1. The summed E-state index contributed by atoms with van der Waals surface area (Å²) in [6, 6.07) is 7.88. The van der Waals surface area contributed by atoms with Gasteiger partial charge >= 0.3 is 0 Å². The Morgan fingerprint density at radius 3 is 2.89 bits per heavy atom. The number of hydrogen-bond donors (Lipinski definition) is 1. The molecule has 0 aliphatic rings. The van der Waals surface area contributed by atoms with Gasteiger partial charge in [-0.25, -0.2) is 0 Å². The average Bonchev–Trinajstić information content (AvgIpc) is 2.43. The normalized spacial score (nSPS) is 10.6. The van der Waals surface area contributed by atoms with Gasteiger partial charge in [0.25, 0.3) is 0 Å². The Kier molecular flexibility index (Phi) is 7.40. The molecule has 0 fully saturated rings. The van der Waals surface area contributed by atoms with Crippen molar-refractivity contribution in [2.45, 2.75) is 33.1 Å². The third kappa shape index (κ3) is 6.09. The fourth-order valence-corrected chi connectivity index (χ4v) is 1.80. The van der Waals surface area contributed by atoms with Crippen LogP contribution in [0, 0.1) is 0 Å². The molecule has 0 saturated carbocycles. The van der Waals surface area contributed by atoms with Crippen molar-refractivity contribution in [3.8, 4) is 5.75 Å². The molecule has 0 radical (unpaired) electrons. The molecule has 19 heavy (non-hydrogen) atoms. The highest BCUT2D eigenvalue weighted by molar-refractivity contribution is 5.76. The van der Waals surface area contributed by atoms with Gasteiger partial charge < -0.3 is 10.1 Å². The van der Waals surface area contributed by atoms with Gasteiger partial charge in [-0.3, -0.25) is 4.79 Å². The maximum atomic E-state index is 11.7. The number of amides is 1. The summed E-state index contributed by atoms with van der Waals surface area (Å²) >= 11 is 0. The third-order valence-electron chi connectivity index (χ3n) is 2.76. The number of carbonyl (C=O) groups is 1. The monoisotopic (exact) mass is 261 g/mol. The van der Waals surface area contributed by atoms with Crippen LogP contribution in [0.5, 0.6) is 5.75 Å². The lowest BCUT2D eigenvalue weighted by Crippen LogP contribution is -2.24. The van der Waals surface area contributed by atoms with Crippen LogP contribution >= 0.6 is 0 Å². The molecule has 1 amide bonds. The van der Waals surface area contributed by atoms with Gasteiger partial charge in [0.1, 0.15) is 5.75 Å². The molecule has 0 bridgehead atoms. The standard InChI is InChI=1S/C16H23NO2/c1-3-5-8-13-17-16(18)12-11-14-9-6-7-10-15(14)19-4-2/h3,5-7,9-10H,4,8,11-13H2,1-2H3,(H,17,18)/b5-3+. The topological polar surface area (TPSA) is 38.3 Å². The molecule has 0 aromatic heterocycles. The minimum absolute atomic E-state index is 0.0933. The van der Waals surface area contributed by atoms with Crippen molar-refractivity contribution in [1.29, 1.82) is 0 Å². The van der Waals surface area contributed by atoms with Crippen molar-refractivity contribution < 1.29 is 9.53 Å². The van der Waals surface area contributed by atoms with E-state index in [0.29, 0.717) is 26.0 Å². The second-order valence-electron chi connectivity index (χ2n) is 4.25. The second-order valence-corrected chi connectivity index (χ2v) is 4.25. The largest absolute Gasteiger partial charge is 0.494 e. The molecule has 3 heteroatoms. The molecule has 0 atom stereocenters. The Morgan fingerprint density at radius 2 is 2.16 bits per heavy atom. The maximum absolute atomic E-state index is 11.7. The number of rotatable bonds is 8. The van der Waals surface area contributed by atoms with Crippen LogP contribution in [0.15, 0.2) is 36.4 Å². The smallest absolute Gasteiger partial charge is 0.220 e. The SMILES string of the molecule is C/C=C/CCNC(=O)CCc1ccccc1OCC. The molecular formula is C16H23NO2. The Hall–Kier alpha value is -1.77. The van der Waals surface area contributed by atoms with Crippen molar-refractivity contribution in [2.75, 3.05) is 13.2 Å². The van der Waals surface area contributed by atoms with Crippen LogP contribution in [-0.2, 0) is 11.2 Å². The first-order valence-electron chi connectivity index (χ1n) is 6.86. The van der Waals surface area contributed by atoms with E-state index in [0.717, 1.165) is 17.7 Å². The maximum Gasteiger partial charge on any atom is 0.220 e. The lowest BCUT2D eigenvalue weighted by molar-refractivity contribution is -0.121. The number of hydrogen-bond acceptors (Lipinski definition) is 2. The number of carbonyl (C=O) groups excluding carboxylic acids is 1. The molecule has 1 N–H and O–H groups in total. The summed E-state index contributed by atoms with van der Waals surface area (Å²) in [5, 5.41) is 2.91. The van der Waals surface area contributed by atoms with Crippen LogP contribution in [0.1, 0.15) is 32.3 Å². The quantitative estimate of drug-likeness (QED) is 0.577. The number of aryl methyl sites for hydroxylation is 1. The molecule has 3 nitrogen and oxygen atoms in total. The zero-order valence-electron chi connectivity index (χ0n) is 11.8. The molecule has 0 saturated heterocycles. The molecule has 1 rings (SSSR count). The molecule has 1 aromatic carbocycles. The molecule has 0 heterocycles. The van der Waals surface area contributed by atoms with E-state index in [2.05, 4.69) is 5.32 Å². The van der Waals surface area contributed by atoms with Crippen LogP contribution in [0.2, 0.25) is 0 Å². The number of benzene rings is 1. The van der Waals surface area contributed by atoms with E-state index in [9.17, 15) is 4.79 Å². The molecular weight excluding hydrogens is 238 g/mol. The van der Waals surface area contributed by atoms with Crippen LogP contribution in [0.4, 0.5) is 0 Å². The molecule has 104 valence electrons. The Morgan fingerprint density at radius 1 is 1.37 bits per heavy atom. The average molecular weight is 261 g/mol. The predicted molar refractivity (Wildman–Crippen MR) is 78.4 cm³/mol. The third-order valence-corrected chi connectivity index (χ3v) is 2.76. The number of para-hydroxylation sites is 1. The van der Waals surface area contributed by atoms with E-state index in [4.69, 9.17) is 4.74 Å². The zero-order chi connectivity index (χ0) is 13.9. The second kappa shape index (κ2) is 9.20. The summed E-state index contributed by atoms with van der Waals surface area (Å²) in [5.74, 6) is 0.975. The highest BCUT2D eigenvalue weighted by atomic mass is 16.5. The summed E-state index contributed by atoms with van der Waals surface area (Å²) in [4.78, 5) is 11.7. The molecule has 0 unspecified atom stereocenters. The van der Waals surface area contributed by atoms with E-state index < -0.39 is 0 Å². The molecule has 1 aromatic rings. The highest BCUT2D eigenvalue weighted by Gasteiger charge is 2.05.